The van der Waals surface area contributed by atoms with Crippen molar-refractivity contribution in [2.24, 2.45) is 10.7 Å². The molecule has 0 spiro atoms. The molecule has 3 nitrogen and oxygen atoms in total. The Labute approximate surface area is 64.2 Å². The second-order valence-electron chi connectivity index (χ2n) is 1.24. The summed E-state index contributed by atoms with van der Waals surface area (Å²) in [6.45, 7) is 0. The number of carbonyl (C=O) groups excluding carboxylic acids is 1. The maximum Gasteiger partial charge on any atom is 0.274 e. The van der Waals surface area contributed by atoms with Crippen molar-refractivity contribution in [2.75, 3.05) is 0 Å². The Morgan fingerprint density at radius 1 is 1.88 bits per heavy atom. The molecule has 0 aromatic heterocycles. The second kappa shape index (κ2) is 2.32. The van der Waals surface area contributed by atoms with Gasteiger partial charge in [-0.3, -0.25) is 4.79 Å². The Kier molecular flexibility index (Phi) is 1.88. The molecule has 0 fully saturated rings. The van der Waals surface area contributed by atoms with Crippen LogP contribution in [0, 0.1) is 0 Å². The molecule has 44 valence electrons. The topological polar surface area (TPSA) is 55.4 Å². The molecule has 0 aromatic carbocycles. The zero-order valence-corrected chi connectivity index (χ0v) is 6.77. The minimum absolute atomic E-state index is 0.223. The Bertz CT molecular complexity index is 157. The van der Waals surface area contributed by atoms with Crippen LogP contribution in [-0.2, 0) is 4.79 Å². The summed E-state index contributed by atoms with van der Waals surface area (Å²) < 4.78 is 0.736. The SMILES string of the molecule is NC1SC(I)=NC1=O. The molecule has 1 atom stereocenters. The van der Waals surface area contributed by atoms with E-state index < -0.39 is 5.37 Å². The third kappa shape index (κ3) is 1.20. The van der Waals surface area contributed by atoms with E-state index in [4.69, 9.17) is 5.73 Å². The second-order valence-corrected chi connectivity index (χ2v) is 4.13. The highest BCUT2D eigenvalue weighted by molar-refractivity contribution is 14.1. The van der Waals surface area contributed by atoms with Gasteiger partial charge in [-0.15, -0.1) is 0 Å². The number of nitrogens with two attached hydrogens (primary N) is 1. The van der Waals surface area contributed by atoms with Gasteiger partial charge in [0, 0.05) is 0 Å². The first-order valence-corrected chi connectivity index (χ1v) is 3.86. The maximum atomic E-state index is 10.4. The van der Waals surface area contributed by atoms with Crippen molar-refractivity contribution in [1.29, 1.82) is 0 Å². The van der Waals surface area contributed by atoms with Gasteiger partial charge < -0.3 is 5.73 Å². The fourth-order valence-electron chi connectivity index (χ4n) is 0.332. The predicted molar refractivity (Wildman–Crippen MR) is 42.0 cm³/mol. The van der Waals surface area contributed by atoms with Gasteiger partial charge in [-0.25, -0.2) is 0 Å². The first-order chi connectivity index (χ1) is 3.70. The smallest absolute Gasteiger partial charge is 0.274 e. The van der Waals surface area contributed by atoms with E-state index in [1.54, 1.807) is 0 Å². The monoisotopic (exact) mass is 242 g/mol. The van der Waals surface area contributed by atoms with E-state index in [-0.39, 0.29) is 5.91 Å². The normalized spacial score (nSPS) is 28.5. The number of rotatable bonds is 0. The summed E-state index contributed by atoms with van der Waals surface area (Å²) in [7, 11) is 0. The number of thioether (sulfide) groups is 1. The van der Waals surface area contributed by atoms with Crippen LogP contribution >= 0.6 is 34.4 Å². The fourth-order valence-corrected chi connectivity index (χ4v) is 1.90. The minimum Gasteiger partial charge on any atom is -0.311 e. The highest BCUT2D eigenvalue weighted by Gasteiger charge is 2.21. The predicted octanol–water partition coefficient (Wildman–Crippen LogP) is 0.336. The van der Waals surface area contributed by atoms with Crippen LogP contribution < -0.4 is 5.73 Å². The van der Waals surface area contributed by atoms with Crippen LogP contribution in [0.4, 0.5) is 0 Å². The van der Waals surface area contributed by atoms with Gasteiger partial charge in [-0.1, -0.05) is 11.8 Å². The van der Waals surface area contributed by atoms with Crippen molar-refractivity contribution in [3.05, 3.63) is 0 Å². The average molecular weight is 242 g/mol. The standard InChI is InChI=1S/C3H3IN2OS/c4-3-6-2(7)1(5)8-3/h1H,5H2. The van der Waals surface area contributed by atoms with Crippen LogP contribution in [0.2, 0.25) is 0 Å². The highest BCUT2D eigenvalue weighted by Crippen LogP contribution is 2.21. The van der Waals surface area contributed by atoms with Gasteiger partial charge in [0.15, 0.2) is 0 Å². The summed E-state index contributed by atoms with van der Waals surface area (Å²) in [6, 6.07) is 0. The molecule has 1 aliphatic rings. The molecular formula is C3H3IN2OS. The van der Waals surface area contributed by atoms with Crippen molar-refractivity contribution >= 4 is 43.3 Å². The average Bonchev–Trinajstić information content (AvgIpc) is 1.85. The molecule has 1 heterocycles. The van der Waals surface area contributed by atoms with Crippen LogP contribution in [0.15, 0.2) is 4.99 Å². The number of hydrogen-bond donors (Lipinski definition) is 1. The van der Waals surface area contributed by atoms with Crippen molar-refractivity contribution in [3.63, 3.8) is 0 Å². The number of aliphatic imine (C=N–C) groups is 1. The van der Waals surface area contributed by atoms with E-state index in [0.717, 1.165) is 3.05 Å². The largest absolute Gasteiger partial charge is 0.311 e. The van der Waals surface area contributed by atoms with Crippen molar-refractivity contribution in [3.8, 4) is 0 Å². The Morgan fingerprint density at radius 2 is 2.50 bits per heavy atom. The quantitative estimate of drug-likeness (QED) is 0.623. The van der Waals surface area contributed by atoms with Gasteiger partial charge in [0.1, 0.15) is 8.42 Å². The summed E-state index contributed by atoms with van der Waals surface area (Å²) in [6.07, 6.45) is 0. The van der Waals surface area contributed by atoms with Gasteiger partial charge >= 0.3 is 0 Å². The van der Waals surface area contributed by atoms with Crippen LogP contribution in [-0.4, -0.2) is 14.3 Å². The molecule has 0 aliphatic carbocycles. The van der Waals surface area contributed by atoms with Gasteiger partial charge in [-0.05, 0) is 22.6 Å². The first-order valence-electron chi connectivity index (χ1n) is 1.90. The van der Waals surface area contributed by atoms with Crippen molar-refractivity contribution in [2.45, 2.75) is 5.37 Å². The molecule has 2 N–H and O–H groups in total. The number of nitrogens with zero attached hydrogens (tertiary/aromatic N) is 1. The maximum absolute atomic E-state index is 10.4. The molecular weight excluding hydrogens is 239 g/mol. The summed E-state index contributed by atoms with van der Waals surface area (Å²) in [4.78, 5) is 14.0. The van der Waals surface area contributed by atoms with Gasteiger partial charge in [0.05, 0.1) is 0 Å². The first kappa shape index (κ1) is 6.50. The molecule has 1 unspecified atom stereocenters. The molecule has 1 amide bonds. The third-order valence-corrected chi connectivity index (χ3v) is 2.41. The molecule has 0 saturated carbocycles. The van der Waals surface area contributed by atoms with Gasteiger partial charge in [0.25, 0.3) is 5.91 Å². The molecule has 0 radical (unpaired) electrons. The Hall–Kier alpha value is 0.380. The summed E-state index contributed by atoms with van der Waals surface area (Å²) in [5.74, 6) is -0.223. The van der Waals surface area contributed by atoms with Crippen LogP contribution in [0.3, 0.4) is 0 Å². The van der Waals surface area contributed by atoms with Crippen LogP contribution in [0.5, 0.6) is 0 Å². The van der Waals surface area contributed by atoms with Gasteiger partial charge in [-0.2, -0.15) is 4.99 Å². The van der Waals surface area contributed by atoms with Gasteiger partial charge in [0.2, 0.25) is 0 Å². The van der Waals surface area contributed by atoms with E-state index in [2.05, 4.69) is 4.99 Å². The lowest BCUT2D eigenvalue weighted by Gasteiger charge is -1.90. The molecule has 1 aliphatic heterocycles. The fraction of sp³-hybridized carbons (Fsp3) is 0.333. The third-order valence-electron chi connectivity index (χ3n) is 0.666. The lowest BCUT2D eigenvalue weighted by Crippen LogP contribution is -2.20. The minimum atomic E-state index is -0.443. The number of carbonyl (C=O) groups is 1. The Balaban J connectivity index is 2.70. The van der Waals surface area contributed by atoms with Crippen LogP contribution in [0.25, 0.3) is 0 Å². The molecule has 8 heavy (non-hydrogen) atoms. The molecule has 0 bridgehead atoms. The summed E-state index contributed by atoms with van der Waals surface area (Å²) in [5, 5.41) is -0.443. The molecule has 5 heteroatoms. The van der Waals surface area contributed by atoms with Crippen molar-refractivity contribution in [1.82, 2.24) is 0 Å². The molecule has 0 saturated heterocycles. The lowest BCUT2D eigenvalue weighted by molar-refractivity contribution is -0.116. The van der Waals surface area contributed by atoms with E-state index in [0.29, 0.717) is 0 Å². The Morgan fingerprint density at radius 3 is 2.62 bits per heavy atom. The zero-order chi connectivity index (χ0) is 6.15. The summed E-state index contributed by atoms with van der Waals surface area (Å²) in [5.41, 5.74) is 5.26. The van der Waals surface area contributed by atoms with Crippen molar-refractivity contribution < 1.29 is 4.79 Å². The number of halogens is 1. The van der Waals surface area contributed by atoms with E-state index in [1.165, 1.54) is 11.8 Å². The summed E-state index contributed by atoms with van der Waals surface area (Å²) >= 11 is 3.27. The molecule has 1 rings (SSSR count). The highest BCUT2D eigenvalue weighted by atomic mass is 127. The van der Waals surface area contributed by atoms with E-state index >= 15 is 0 Å². The van der Waals surface area contributed by atoms with Crippen LogP contribution in [0.1, 0.15) is 0 Å². The van der Waals surface area contributed by atoms with E-state index in [9.17, 15) is 4.79 Å². The molecule has 0 aromatic rings. The lowest BCUT2D eigenvalue weighted by atomic mass is 10.6. The zero-order valence-electron chi connectivity index (χ0n) is 3.80. The number of amides is 1. The number of hydrogen-bond acceptors (Lipinski definition) is 3. The van der Waals surface area contributed by atoms with E-state index in [1.807, 2.05) is 22.6 Å².